The molecule has 0 bridgehead atoms. The van der Waals surface area contributed by atoms with Crippen molar-refractivity contribution in [2.45, 2.75) is 4.90 Å². The summed E-state index contributed by atoms with van der Waals surface area (Å²) >= 11 is 0. The number of hydrogen-bond donors (Lipinski definition) is 2. The van der Waals surface area contributed by atoms with E-state index in [4.69, 9.17) is 9.47 Å². The van der Waals surface area contributed by atoms with Gasteiger partial charge in [-0.15, -0.1) is 0 Å². The molecule has 0 aliphatic carbocycles. The lowest BCUT2D eigenvalue weighted by molar-refractivity contribution is -0.116. The molecule has 0 saturated carbocycles. The quantitative estimate of drug-likeness (QED) is 0.639. The Kier molecular flexibility index (Phi) is 6.19. The summed E-state index contributed by atoms with van der Waals surface area (Å²) in [6.45, 7) is 0.303. The van der Waals surface area contributed by atoms with E-state index in [9.17, 15) is 21.6 Å². The van der Waals surface area contributed by atoms with Gasteiger partial charge in [-0.05, 0) is 36.4 Å². The van der Waals surface area contributed by atoms with Crippen molar-refractivity contribution in [2.24, 2.45) is 0 Å². The number of amides is 1. The molecular formula is C18H21N3O7S2. The average molecular weight is 456 g/mol. The van der Waals surface area contributed by atoms with Gasteiger partial charge in [0.15, 0.2) is 11.5 Å². The van der Waals surface area contributed by atoms with E-state index in [1.165, 1.54) is 49.5 Å². The van der Waals surface area contributed by atoms with Crippen molar-refractivity contribution >= 4 is 37.3 Å². The Morgan fingerprint density at radius 1 is 0.967 bits per heavy atom. The number of nitrogens with zero attached hydrogens (tertiary/aromatic N) is 1. The molecule has 162 valence electrons. The summed E-state index contributed by atoms with van der Waals surface area (Å²) in [4.78, 5) is 12.3. The van der Waals surface area contributed by atoms with Crippen LogP contribution >= 0.6 is 0 Å². The van der Waals surface area contributed by atoms with Gasteiger partial charge >= 0.3 is 0 Å². The van der Waals surface area contributed by atoms with Crippen molar-refractivity contribution in [1.82, 2.24) is 4.31 Å². The lowest BCUT2D eigenvalue weighted by Crippen LogP contribution is -2.35. The number of carbonyl (C=O) groups excluding carboxylic acids is 1. The standard InChI is InChI=1S/C18H21N3O7S2/c1-21(30(25,26)15-7-8-16-17(11-15)28-10-9-27-16)12-18(22)19-13-3-5-14(6-4-13)20-29(2,23)24/h3-8,11,20H,9-10,12H2,1-2H3,(H,19,22). The zero-order chi connectivity index (χ0) is 21.9. The van der Waals surface area contributed by atoms with Crippen molar-refractivity contribution in [3.8, 4) is 11.5 Å². The van der Waals surface area contributed by atoms with Crippen LogP contribution in [0.3, 0.4) is 0 Å². The molecule has 0 radical (unpaired) electrons. The largest absolute Gasteiger partial charge is 0.486 e. The molecule has 1 amide bonds. The lowest BCUT2D eigenvalue weighted by atomic mass is 10.3. The Morgan fingerprint density at radius 3 is 2.20 bits per heavy atom. The Balaban J connectivity index is 1.64. The summed E-state index contributed by atoms with van der Waals surface area (Å²) in [7, 11) is -6.04. The maximum Gasteiger partial charge on any atom is 0.243 e. The van der Waals surface area contributed by atoms with Gasteiger partial charge in [-0.2, -0.15) is 4.31 Å². The normalized spacial score (nSPS) is 13.7. The van der Waals surface area contributed by atoms with Gasteiger partial charge in [-0.1, -0.05) is 0 Å². The highest BCUT2D eigenvalue weighted by atomic mass is 32.2. The predicted octanol–water partition coefficient (Wildman–Crippen LogP) is 1.09. The number of carbonyl (C=O) groups is 1. The van der Waals surface area contributed by atoms with Crippen molar-refractivity contribution in [3.63, 3.8) is 0 Å². The first-order valence-electron chi connectivity index (χ1n) is 8.78. The zero-order valence-electron chi connectivity index (χ0n) is 16.3. The Bertz CT molecular complexity index is 1150. The number of likely N-dealkylation sites (N-methyl/N-ethyl adjacent to an activating group) is 1. The molecule has 2 N–H and O–H groups in total. The van der Waals surface area contributed by atoms with Crippen LogP contribution in [0.5, 0.6) is 11.5 Å². The average Bonchev–Trinajstić information content (AvgIpc) is 2.68. The molecule has 2 aromatic rings. The summed E-state index contributed by atoms with van der Waals surface area (Å²) in [5, 5.41) is 2.57. The molecule has 0 fully saturated rings. The first-order chi connectivity index (χ1) is 14.0. The molecule has 0 unspecified atom stereocenters. The van der Waals surface area contributed by atoms with Gasteiger partial charge in [0.2, 0.25) is 26.0 Å². The number of ether oxygens (including phenoxy) is 2. The van der Waals surface area contributed by atoms with Crippen LogP contribution in [-0.2, 0) is 24.8 Å². The van der Waals surface area contributed by atoms with Crippen LogP contribution < -0.4 is 19.5 Å². The topological polar surface area (TPSA) is 131 Å². The molecule has 1 aliphatic heterocycles. The molecule has 1 heterocycles. The molecule has 0 atom stereocenters. The third-order valence-corrected chi connectivity index (χ3v) is 6.47. The molecule has 0 spiro atoms. The molecule has 3 rings (SSSR count). The van der Waals surface area contributed by atoms with E-state index in [2.05, 4.69) is 10.0 Å². The summed E-state index contributed by atoms with van der Waals surface area (Å²) in [6.07, 6.45) is 1.03. The highest BCUT2D eigenvalue weighted by Crippen LogP contribution is 2.32. The van der Waals surface area contributed by atoms with E-state index in [-0.39, 0.29) is 4.90 Å². The predicted molar refractivity (Wildman–Crippen MR) is 111 cm³/mol. The molecule has 10 nitrogen and oxygen atoms in total. The van der Waals surface area contributed by atoms with E-state index < -0.39 is 32.5 Å². The molecule has 2 aromatic carbocycles. The van der Waals surface area contributed by atoms with Crippen LogP contribution in [0.2, 0.25) is 0 Å². The number of sulfonamides is 2. The van der Waals surface area contributed by atoms with Crippen LogP contribution in [0.4, 0.5) is 11.4 Å². The number of anilines is 2. The maximum atomic E-state index is 12.8. The second-order valence-corrected chi connectivity index (χ2v) is 10.4. The summed E-state index contributed by atoms with van der Waals surface area (Å²) in [6, 6.07) is 10.2. The van der Waals surface area contributed by atoms with Gasteiger partial charge < -0.3 is 14.8 Å². The number of fused-ring (bicyclic) bond motifs is 1. The van der Waals surface area contributed by atoms with E-state index in [1.807, 2.05) is 0 Å². The SMILES string of the molecule is CN(CC(=O)Nc1ccc(NS(C)(=O)=O)cc1)S(=O)(=O)c1ccc2c(c1)OCCO2. The minimum absolute atomic E-state index is 0.0155. The Labute approximate surface area is 174 Å². The molecule has 0 aromatic heterocycles. The van der Waals surface area contributed by atoms with Crippen molar-refractivity contribution < 1.29 is 31.1 Å². The summed E-state index contributed by atoms with van der Waals surface area (Å²) < 4.78 is 62.0. The molecule has 0 saturated heterocycles. The van der Waals surface area contributed by atoms with Crippen LogP contribution in [0, 0.1) is 0 Å². The first-order valence-corrected chi connectivity index (χ1v) is 12.1. The van der Waals surface area contributed by atoms with Crippen molar-refractivity contribution in [1.29, 1.82) is 0 Å². The molecular weight excluding hydrogens is 434 g/mol. The lowest BCUT2D eigenvalue weighted by Gasteiger charge is -2.21. The number of hydrogen-bond acceptors (Lipinski definition) is 7. The van der Waals surface area contributed by atoms with Gasteiger partial charge in [0.1, 0.15) is 13.2 Å². The van der Waals surface area contributed by atoms with Crippen molar-refractivity contribution in [3.05, 3.63) is 42.5 Å². The van der Waals surface area contributed by atoms with Gasteiger partial charge in [-0.3, -0.25) is 9.52 Å². The van der Waals surface area contributed by atoms with E-state index in [0.717, 1.165) is 10.6 Å². The van der Waals surface area contributed by atoms with Crippen LogP contribution in [0.15, 0.2) is 47.4 Å². The highest BCUT2D eigenvalue weighted by molar-refractivity contribution is 7.92. The van der Waals surface area contributed by atoms with E-state index >= 15 is 0 Å². The van der Waals surface area contributed by atoms with E-state index in [0.29, 0.717) is 36.1 Å². The van der Waals surface area contributed by atoms with Gasteiger partial charge in [0, 0.05) is 24.5 Å². The summed E-state index contributed by atoms with van der Waals surface area (Å²) in [5.41, 5.74) is 0.734. The van der Waals surface area contributed by atoms with E-state index in [1.54, 1.807) is 0 Å². The minimum atomic E-state index is -3.93. The van der Waals surface area contributed by atoms with Gasteiger partial charge in [-0.25, -0.2) is 16.8 Å². The maximum absolute atomic E-state index is 12.8. The van der Waals surface area contributed by atoms with Gasteiger partial charge in [0.25, 0.3) is 0 Å². The fraction of sp³-hybridized carbons (Fsp3) is 0.278. The summed E-state index contributed by atoms with van der Waals surface area (Å²) in [5.74, 6) is 0.250. The number of nitrogens with one attached hydrogen (secondary N) is 2. The van der Waals surface area contributed by atoms with Crippen LogP contribution in [0.25, 0.3) is 0 Å². The zero-order valence-corrected chi connectivity index (χ0v) is 17.9. The first kappa shape index (κ1) is 21.9. The smallest absolute Gasteiger partial charge is 0.243 e. The fourth-order valence-corrected chi connectivity index (χ4v) is 4.39. The minimum Gasteiger partial charge on any atom is -0.486 e. The Morgan fingerprint density at radius 2 is 1.57 bits per heavy atom. The molecule has 30 heavy (non-hydrogen) atoms. The second kappa shape index (κ2) is 8.50. The number of benzene rings is 2. The van der Waals surface area contributed by atoms with Crippen molar-refractivity contribution in [2.75, 3.05) is 43.1 Å². The fourth-order valence-electron chi connectivity index (χ4n) is 2.69. The third-order valence-electron chi connectivity index (χ3n) is 4.06. The highest BCUT2D eigenvalue weighted by Gasteiger charge is 2.25. The third kappa shape index (κ3) is 5.40. The van der Waals surface area contributed by atoms with Gasteiger partial charge in [0.05, 0.1) is 17.7 Å². The Hall–Kier alpha value is -2.83. The molecule has 1 aliphatic rings. The molecule has 12 heteroatoms. The van der Waals surface area contributed by atoms with Crippen LogP contribution in [-0.4, -0.2) is 60.1 Å². The number of rotatable bonds is 7. The van der Waals surface area contributed by atoms with Crippen LogP contribution in [0.1, 0.15) is 0 Å². The second-order valence-electron chi connectivity index (χ2n) is 6.57. The monoisotopic (exact) mass is 455 g/mol.